The molecular weight excluding hydrogens is 300 g/mol. The molecule has 0 unspecified atom stereocenters. The van der Waals surface area contributed by atoms with Crippen LogP contribution in [0.15, 0.2) is 58.3 Å². The smallest absolute Gasteiger partial charge is 0.0552 e. The van der Waals surface area contributed by atoms with E-state index in [9.17, 15) is 2.74 Å². The molecule has 0 amide bonds. The van der Waals surface area contributed by atoms with Crippen molar-refractivity contribution in [3.05, 3.63) is 48.5 Å². The van der Waals surface area contributed by atoms with Gasteiger partial charge in [-0.3, -0.25) is 0 Å². The maximum atomic E-state index is 9.19. The number of anilines is 2. The SMILES string of the molecule is [2H]C([2H])([C@@H]1CN2CCC1CC2)N1c2ccccc2Sc2ccccc21. The standard InChI is InChI=1S/C20H22N2S/c1-3-7-19-17(5-1)22(18-6-2-4-8-20(18)23-19)14-16-13-21-11-9-15(16)10-12-21/h1-8,15-16H,9-14H2/t16-/m0/s1/i14D2. The minimum Gasteiger partial charge on any atom is -0.339 e. The van der Waals surface area contributed by atoms with Crippen LogP contribution in [-0.2, 0) is 0 Å². The Labute approximate surface area is 145 Å². The van der Waals surface area contributed by atoms with Gasteiger partial charge >= 0.3 is 0 Å². The lowest BCUT2D eigenvalue weighted by atomic mass is 9.78. The van der Waals surface area contributed by atoms with Crippen LogP contribution in [0, 0.1) is 11.8 Å². The van der Waals surface area contributed by atoms with E-state index in [-0.39, 0.29) is 5.92 Å². The molecule has 2 bridgehead atoms. The topological polar surface area (TPSA) is 6.48 Å². The van der Waals surface area contributed by atoms with Gasteiger partial charge in [-0.15, -0.1) is 0 Å². The second-order valence-electron chi connectivity index (χ2n) is 6.75. The van der Waals surface area contributed by atoms with Crippen molar-refractivity contribution in [2.24, 2.45) is 11.8 Å². The van der Waals surface area contributed by atoms with Gasteiger partial charge in [-0.1, -0.05) is 36.0 Å². The van der Waals surface area contributed by atoms with Crippen molar-refractivity contribution in [2.75, 3.05) is 31.0 Å². The highest BCUT2D eigenvalue weighted by atomic mass is 32.2. The third kappa shape index (κ3) is 2.38. The molecule has 4 heterocycles. The fourth-order valence-electron chi connectivity index (χ4n) is 4.12. The van der Waals surface area contributed by atoms with Gasteiger partial charge in [0.2, 0.25) is 0 Å². The van der Waals surface area contributed by atoms with E-state index in [0.717, 1.165) is 53.6 Å². The molecule has 118 valence electrons. The number of piperidine rings is 3. The maximum Gasteiger partial charge on any atom is 0.0552 e. The molecule has 2 nitrogen and oxygen atoms in total. The van der Waals surface area contributed by atoms with Crippen molar-refractivity contribution in [2.45, 2.75) is 22.6 Å². The van der Waals surface area contributed by atoms with Gasteiger partial charge in [0.1, 0.15) is 0 Å². The molecule has 4 aliphatic rings. The molecule has 0 radical (unpaired) electrons. The quantitative estimate of drug-likeness (QED) is 0.795. The fraction of sp³-hybridized carbons (Fsp3) is 0.400. The molecule has 2 aromatic rings. The van der Waals surface area contributed by atoms with Gasteiger partial charge in [-0.25, -0.2) is 0 Å². The fourth-order valence-corrected chi connectivity index (χ4v) is 5.18. The number of fused-ring (bicyclic) bond motifs is 5. The lowest BCUT2D eigenvalue weighted by molar-refractivity contribution is 0.0553. The molecule has 6 rings (SSSR count). The minimum atomic E-state index is -1.39. The third-order valence-electron chi connectivity index (χ3n) is 5.38. The van der Waals surface area contributed by atoms with Gasteiger partial charge in [-0.2, -0.15) is 0 Å². The van der Waals surface area contributed by atoms with E-state index in [2.05, 4.69) is 29.2 Å². The molecule has 1 atom stereocenters. The molecule has 23 heavy (non-hydrogen) atoms. The van der Waals surface area contributed by atoms with E-state index >= 15 is 0 Å². The van der Waals surface area contributed by atoms with Crippen molar-refractivity contribution in [3.8, 4) is 0 Å². The Hall–Kier alpha value is -1.45. The Morgan fingerprint density at radius 1 is 0.957 bits per heavy atom. The lowest BCUT2D eigenvalue weighted by Crippen LogP contribution is -2.50. The number of nitrogens with zero attached hydrogens (tertiary/aromatic N) is 2. The first kappa shape index (κ1) is 12.0. The van der Waals surface area contributed by atoms with Gasteiger partial charge < -0.3 is 9.80 Å². The van der Waals surface area contributed by atoms with Gasteiger partial charge in [0, 0.05) is 22.8 Å². The van der Waals surface area contributed by atoms with Gasteiger partial charge in [0.15, 0.2) is 0 Å². The predicted molar refractivity (Wildman–Crippen MR) is 96.7 cm³/mol. The predicted octanol–water partition coefficient (Wildman–Crippen LogP) is 4.63. The third-order valence-corrected chi connectivity index (χ3v) is 6.51. The first-order valence-corrected chi connectivity index (χ1v) is 9.35. The molecule has 3 fully saturated rings. The summed E-state index contributed by atoms with van der Waals surface area (Å²) in [5, 5.41) is 0. The summed E-state index contributed by atoms with van der Waals surface area (Å²) >= 11 is 1.75. The molecule has 3 heteroatoms. The molecule has 0 saturated carbocycles. The van der Waals surface area contributed by atoms with Crippen LogP contribution >= 0.6 is 11.8 Å². The zero-order chi connectivity index (χ0) is 17.0. The number of para-hydroxylation sites is 2. The zero-order valence-corrected chi connectivity index (χ0v) is 13.9. The normalized spacial score (nSPS) is 30.3. The molecule has 0 aliphatic carbocycles. The molecular formula is C20H22N2S. The summed E-state index contributed by atoms with van der Waals surface area (Å²) in [6.07, 6.45) is 2.27. The summed E-state index contributed by atoms with van der Waals surface area (Å²) in [4.78, 5) is 6.72. The Morgan fingerprint density at radius 3 is 2.13 bits per heavy atom. The van der Waals surface area contributed by atoms with Crippen molar-refractivity contribution >= 4 is 23.1 Å². The van der Waals surface area contributed by atoms with Gasteiger partial charge in [-0.05, 0) is 62.0 Å². The average molecular weight is 324 g/mol. The van der Waals surface area contributed by atoms with E-state index in [4.69, 9.17) is 0 Å². The van der Waals surface area contributed by atoms with Crippen LogP contribution in [0.5, 0.6) is 0 Å². The summed E-state index contributed by atoms with van der Waals surface area (Å²) in [6.45, 7) is 1.77. The van der Waals surface area contributed by atoms with E-state index in [1.54, 1.807) is 11.8 Å². The summed E-state index contributed by atoms with van der Waals surface area (Å²) < 4.78 is 18.4. The number of benzene rings is 2. The summed E-state index contributed by atoms with van der Waals surface area (Å²) in [5.41, 5.74) is 2.01. The minimum absolute atomic E-state index is 0.0548. The van der Waals surface area contributed by atoms with E-state index in [1.807, 2.05) is 29.2 Å². The first-order valence-electron chi connectivity index (χ1n) is 9.53. The van der Waals surface area contributed by atoms with Crippen LogP contribution in [0.3, 0.4) is 0 Å². The van der Waals surface area contributed by atoms with E-state index in [1.165, 1.54) is 0 Å². The zero-order valence-electron chi connectivity index (χ0n) is 15.1. The molecule has 3 saturated heterocycles. The van der Waals surface area contributed by atoms with Crippen LogP contribution < -0.4 is 4.90 Å². The summed E-state index contributed by atoms with van der Waals surface area (Å²) in [5.74, 6) is 0.549. The Kier molecular flexibility index (Phi) is 2.90. The van der Waals surface area contributed by atoms with Crippen LogP contribution in [-0.4, -0.2) is 31.0 Å². The summed E-state index contributed by atoms with van der Waals surface area (Å²) in [7, 11) is 0. The number of hydrogen-bond acceptors (Lipinski definition) is 3. The second kappa shape index (κ2) is 5.57. The largest absolute Gasteiger partial charge is 0.339 e. The lowest BCUT2D eigenvalue weighted by Gasteiger charge is -2.47. The second-order valence-corrected chi connectivity index (χ2v) is 7.83. The Bertz CT molecular complexity index is 756. The average Bonchev–Trinajstić information content (AvgIpc) is 2.66. The highest BCUT2D eigenvalue weighted by Crippen LogP contribution is 2.48. The summed E-state index contributed by atoms with van der Waals surface area (Å²) in [6, 6.07) is 16.5. The van der Waals surface area contributed by atoms with Crippen LogP contribution in [0.4, 0.5) is 11.4 Å². The molecule has 0 N–H and O–H groups in total. The van der Waals surface area contributed by atoms with Gasteiger partial charge in [0.25, 0.3) is 0 Å². The molecule has 4 aliphatic heterocycles. The van der Waals surface area contributed by atoms with Crippen LogP contribution in [0.1, 0.15) is 15.6 Å². The Balaban J connectivity index is 1.63. The van der Waals surface area contributed by atoms with E-state index < -0.39 is 6.50 Å². The van der Waals surface area contributed by atoms with Crippen molar-refractivity contribution in [3.63, 3.8) is 0 Å². The number of hydrogen-bond donors (Lipinski definition) is 0. The van der Waals surface area contributed by atoms with Crippen molar-refractivity contribution < 1.29 is 2.74 Å². The molecule has 0 spiro atoms. The maximum absolute atomic E-state index is 9.19. The highest BCUT2D eigenvalue weighted by Gasteiger charge is 2.36. The first-order chi connectivity index (χ1) is 12.1. The van der Waals surface area contributed by atoms with E-state index in [0.29, 0.717) is 5.92 Å². The van der Waals surface area contributed by atoms with Crippen molar-refractivity contribution in [1.82, 2.24) is 4.90 Å². The van der Waals surface area contributed by atoms with Gasteiger partial charge in [0.05, 0.1) is 14.1 Å². The van der Waals surface area contributed by atoms with Crippen LogP contribution in [0.2, 0.25) is 0 Å². The Morgan fingerprint density at radius 2 is 1.57 bits per heavy atom. The van der Waals surface area contributed by atoms with Crippen molar-refractivity contribution in [1.29, 1.82) is 0 Å². The molecule has 0 aromatic heterocycles. The monoisotopic (exact) mass is 324 g/mol. The van der Waals surface area contributed by atoms with Crippen LogP contribution in [0.25, 0.3) is 0 Å². The number of rotatable bonds is 2. The highest BCUT2D eigenvalue weighted by molar-refractivity contribution is 7.99. The molecule has 2 aromatic carbocycles.